The molecule has 0 bridgehead atoms. The maximum atomic E-state index is 12.8. The number of pyridine rings is 1. The van der Waals surface area contributed by atoms with Crippen molar-refractivity contribution in [1.82, 2.24) is 10.3 Å². The molecule has 134 valence electrons. The van der Waals surface area contributed by atoms with Crippen LogP contribution in [0, 0.1) is 0 Å². The molecule has 0 unspecified atom stereocenters. The van der Waals surface area contributed by atoms with Gasteiger partial charge in [-0.2, -0.15) is 0 Å². The van der Waals surface area contributed by atoms with Crippen molar-refractivity contribution < 1.29 is 9.53 Å². The lowest BCUT2D eigenvalue weighted by Gasteiger charge is -2.22. The molecular formula is C21H21ClN2O2. The zero-order valence-electron chi connectivity index (χ0n) is 15.0. The van der Waals surface area contributed by atoms with E-state index in [-0.39, 0.29) is 11.4 Å². The number of nitrogens with zero attached hydrogens (tertiary/aromatic N) is 1. The fraction of sp³-hybridized carbons (Fsp3) is 0.238. The standard InChI is InChI=1S/C21H21ClN2O2/c1-21(2,3)24-20(25)16-12-17(22)15-10-7-11-23-18(15)19(16)26-13-14-8-5-4-6-9-14/h4-12H,13H2,1-3H3,(H,24,25). The molecule has 0 spiro atoms. The maximum Gasteiger partial charge on any atom is 0.255 e. The van der Waals surface area contributed by atoms with Crippen molar-refractivity contribution >= 4 is 28.4 Å². The first-order valence-electron chi connectivity index (χ1n) is 8.41. The number of nitrogens with one attached hydrogen (secondary N) is 1. The number of aromatic nitrogens is 1. The molecule has 2 aromatic carbocycles. The summed E-state index contributed by atoms with van der Waals surface area (Å²) in [6.45, 7) is 6.12. The van der Waals surface area contributed by atoms with Crippen LogP contribution in [0.4, 0.5) is 0 Å². The Labute approximate surface area is 158 Å². The van der Waals surface area contributed by atoms with Crippen LogP contribution in [0.2, 0.25) is 5.02 Å². The Bertz CT molecular complexity index is 934. The minimum absolute atomic E-state index is 0.241. The Kier molecular flexibility index (Phi) is 5.14. The molecule has 0 aliphatic rings. The molecule has 26 heavy (non-hydrogen) atoms. The molecule has 1 heterocycles. The Morgan fingerprint density at radius 3 is 2.58 bits per heavy atom. The Morgan fingerprint density at radius 1 is 1.15 bits per heavy atom. The van der Waals surface area contributed by atoms with E-state index in [0.29, 0.717) is 28.5 Å². The summed E-state index contributed by atoms with van der Waals surface area (Å²) in [5.41, 5.74) is 1.59. The van der Waals surface area contributed by atoms with Gasteiger partial charge in [-0.05, 0) is 44.5 Å². The number of carbonyl (C=O) groups excluding carboxylic acids is 1. The van der Waals surface area contributed by atoms with Crippen LogP contribution in [0.5, 0.6) is 5.75 Å². The number of hydrogen-bond donors (Lipinski definition) is 1. The van der Waals surface area contributed by atoms with E-state index in [1.807, 2.05) is 63.2 Å². The van der Waals surface area contributed by atoms with Gasteiger partial charge in [0.1, 0.15) is 12.1 Å². The molecule has 0 fully saturated rings. The molecule has 0 atom stereocenters. The van der Waals surface area contributed by atoms with Crippen molar-refractivity contribution in [3.8, 4) is 5.75 Å². The largest absolute Gasteiger partial charge is 0.486 e. The van der Waals surface area contributed by atoms with Gasteiger partial charge in [0.2, 0.25) is 0 Å². The first-order chi connectivity index (χ1) is 12.3. The molecule has 3 aromatic rings. The van der Waals surface area contributed by atoms with E-state index in [4.69, 9.17) is 16.3 Å². The lowest BCUT2D eigenvalue weighted by molar-refractivity contribution is 0.0915. The van der Waals surface area contributed by atoms with E-state index in [2.05, 4.69) is 10.3 Å². The molecule has 0 aliphatic heterocycles. The van der Waals surface area contributed by atoms with Gasteiger partial charge in [-0.1, -0.05) is 41.9 Å². The zero-order valence-corrected chi connectivity index (χ0v) is 15.8. The number of halogens is 1. The fourth-order valence-corrected chi connectivity index (χ4v) is 2.89. The number of ether oxygens (including phenoxy) is 1. The van der Waals surface area contributed by atoms with E-state index in [1.165, 1.54) is 0 Å². The van der Waals surface area contributed by atoms with Crippen LogP contribution in [0.1, 0.15) is 36.7 Å². The van der Waals surface area contributed by atoms with E-state index in [0.717, 1.165) is 10.9 Å². The Hall–Kier alpha value is -2.59. The molecule has 1 N–H and O–H groups in total. The lowest BCUT2D eigenvalue weighted by atomic mass is 10.1. The molecule has 0 radical (unpaired) electrons. The van der Waals surface area contributed by atoms with Gasteiger partial charge >= 0.3 is 0 Å². The second-order valence-corrected chi connectivity index (χ2v) is 7.52. The van der Waals surface area contributed by atoms with E-state index in [1.54, 1.807) is 12.3 Å². The second-order valence-electron chi connectivity index (χ2n) is 7.11. The Morgan fingerprint density at radius 2 is 1.88 bits per heavy atom. The number of amides is 1. The fourth-order valence-electron chi connectivity index (χ4n) is 2.63. The topological polar surface area (TPSA) is 51.2 Å². The second kappa shape index (κ2) is 7.34. The van der Waals surface area contributed by atoms with E-state index in [9.17, 15) is 4.79 Å². The van der Waals surface area contributed by atoms with Gasteiger partial charge < -0.3 is 10.1 Å². The number of hydrogen-bond acceptors (Lipinski definition) is 3. The third-order valence-electron chi connectivity index (χ3n) is 3.75. The highest BCUT2D eigenvalue weighted by atomic mass is 35.5. The highest BCUT2D eigenvalue weighted by Crippen LogP contribution is 2.34. The summed E-state index contributed by atoms with van der Waals surface area (Å²) in [6.07, 6.45) is 1.67. The van der Waals surface area contributed by atoms with E-state index < -0.39 is 0 Å². The van der Waals surface area contributed by atoms with Gasteiger partial charge in [0.05, 0.1) is 10.6 Å². The molecule has 3 rings (SSSR count). The summed E-state index contributed by atoms with van der Waals surface area (Å²) in [7, 11) is 0. The minimum Gasteiger partial charge on any atom is -0.486 e. The molecule has 1 amide bonds. The van der Waals surface area contributed by atoms with Crippen LogP contribution in [0.15, 0.2) is 54.7 Å². The molecule has 0 saturated carbocycles. The molecule has 1 aromatic heterocycles. The first kappa shape index (κ1) is 18.2. The third kappa shape index (κ3) is 4.14. The number of fused-ring (bicyclic) bond motifs is 1. The van der Waals surface area contributed by atoms with Crippen molar-refractivity contribution in [2.75, 3.05) is 0 Å². The summed E-state index contributed by atoms with van der Waals surface area (Å²) < 4.78 is 6.05. The molecule has 0 aliphatic carbocycles. The van der Waals surface area contributed by atoms with Crippen LogP contribution in [0.25, 0.3) is 10.9 Å². The maximum absolute atomic E-state index is 12.8. The Balaban J connectivity index is 2.06. The van der Waals surface area contributed by atoms with Crippen molar-refractivity contribution in [1.29, 1.82) is 0 Å². The SMILES string of the molecule is CC(C)(C)NC(=O)c1cc(Cl)c2cccnc2c1OCc1ccccc1. The van der Waals surface area contributed by atoms with Crippen LogP contribution in [-0.2, 0) is 6.61 Å². The molecular weight excluding hydrogens is 348 g/mol. The highest BCUT2D eigenvalue weighted by Gasteiger charge is 2.22. The van der Waals surface area contributed by atoms with Crippen LogP contribution in [-0.4, -0.2) is 16.4 Å². The highest BCUT2D eigenvalue weighted by molar-refractivity contribution is 6.36. The van der Waals surface area contributed by atoms with Gasteiger partial charge in [0.15, 0.2) is 5.75 Å². The molecule has 0 saturated heterocycles. The number of carbonyl (C=O) groups is 1. The lowest BCUT2D eigenvalue weighted by Crippen LogP contribution is -2.40. The molecule has 4 nitrogen and oxygen atoms in total. The summed E-state index contributed by atoms with van der Waals surface area (Å²) in [5.74, 6) is 0.200. The average molecular weight is 369 g/mol. The minimum atomic E-state index is -0.376. The third-order valence-corrected chi connectivity index (χ3v) is 4.07. The predicted molar refractivity (Wildman–Crippen MR) is 105 cm³/mol. The van der Waals surface area contributed by atoms with Gasteiger partial charge in [0.25, 0.3) is 5.91 Å². The van der Waals surface area contributed by atoms with Crippen LogP contribution in [0.3, 0.4) is 0 Å². The van der Waals surface area contributed by atoms with Gasteiger partial charge in [-0.3, -0.25) is 9.78 Å². The van der Waals surface area contributed by atoms with Crippen molar-refractivity contribution in [2.45, 2.75) is 32.9 Å². The van der Waals surface area contributed by atoms with Crippen molar-refractivity contribution in [2.24, 2.45) is 0 Å². The zero-order chi connectivity index (χ0) is 18.7. The van der Waals surface area contributed by atoms with Crippen molar-refractivity contribution in [3.05, 3.63) is 70.9 Å². The van der Waals surface area contributed by atoms with Gasteiger partial charge in [-0.25, -0.2) is 0 Å². The summed E-state index contributed by atoms with van der Waals surface area (Å²) >= 11 is 6.39. The van der Waals surface area contributed by atoms with Gasteiger partial charge in [0, 0.05) is 17.1 Å². The van der Waals surface area contributed by atoms with Crippen LogP contribution < -0.4 is 10.1 Å². The predicted octanol–water partition coefficient (Wildman–Crippen LogP) is 5.00. The van der Waals surface area contributed by atoms with E-state index >= 15 is 0 Å². The summed E-state index contributed by atoms with van der Waals surface area (Å²) in [5, 5.41) is 4.19. The number of rotatable bonds is 4. The van der Waals surface area contributed by atoms with Gasteiger partial charge in [-0.15, -0.1) is 0 Å². The molecule has 5 heteroatoms. The average Bonchev–Trinajstić information content (AvgIpc) is 2.60. The first-order valence-corrected chi connectivity index (χ1v) is 8.79. The quantitative estimate of drug-likeness (QED) is 0.705. The summed E-state index contributed by atoms with van der Waals surface area (Å²) in [4.78, 5) is 17.2. The summed E-state index contributed by atoms with van der Waals surface area (Å²) in [6, 6.07) is 15.1. The monoisotopic (exact) mass is 368 g/mol. The van der Waals surface area contributed by atoms with Crippen molar-refractivity contribution in [3.63, 3.8) is 0 Å². The van der Waals surface area contributed by atoms with Crippen LogP contribution >= 0.6 is 11.6 Å². The normalized spacial score (nSPS) is 11.4. The number of benzene rings is 2. The smallest absolute Gasteiger partial charge is 0.255 e.